The Morgan fingerprint density at radius 1 is 1.55 bits per heavy atom. The molecule has 1 aliphatic rings. The fourth-order valence-corrected chi connectivity index (χ4v) is 3.39. The molecule has 112 valence electrons. The average Bonchev–Trinajstić information content (AvgIpc) is 3.03. The first kappa shape index (κ1) is 15.4. The van der Waals surface area contributed by atoms with Crippen molar-refractivity contribution in [2.24, 2.45) is 5.92 Å². The van der Waals surface area contributed by atoms with Crippen LogP contribution in [0.3, 0.4) is 0 Å². The predicted octanol–water partition coefficient (Wildman–Crippen LogP) is 1.64. The molecule has 0 aromatic carbocycles. The first-order valence-corrected chi connectivity index (χ1v) is 8.29. The van der Waals surface area contributed by atoms with E-state index in [1.54, 1.807) is 11.8 Å². The van der Waals surface area contributed by atoms with E-state index >= 15 is 0 Å². The summed E-state index contributed by atoms with van der Waals surface area (Å²) in [6.45, 7) is 6.84. The van der Waals surface area contributed by atoms with Gasteiger partial charge in [0.2, 0.25) is 5.91 Å². The molecule has 2 heterocycles. The van der Waals surface area contributed by atoms with Gasteiger partial charge in [-0.1, -0.05) is 5.16 Å². The van der Waals surface area contributed by atoms with Crippen LogP contribution in [0, 0.1) is 19.8 Å². The topological polar surface area (TPSA) is 67.2 Å². The van der Waals surface area contributed by atoms with Gasteiger partial charge >= 0.3 is 0 Å². The third kappa shape index (κ3) is 4.52. The van der Waals surface area contributed by atoms with Gasteiger partial charge in [-0.3, -0.25) is 4.79 Å². The van der Waals surface area contributed by atoms with E-state index in [0.29, 0.717) is 5.75 Å². The van der Waals surface area contributed by atoms with E-state index in [-0.39, 0.29) is 5.91 Å². The fraction of sp³-hybridized carbons (Fsp3) is 0.714. The maximum Gasteiger partial charge on any atom is 0.230 e. The number of hydrogen-bond acceptors (Lipinski definition) is 5. The van der Waals surface area contributed by atoms with Crippen LogP contribution in [0.15, 0.2) is 4.52 Å². The maximum absolute atomic E-state index is 11.7. The quantitative estimate of drug-likeness (QED) is 0.801. The summed E-state index contributed by atoms with van der Waals surface area (Å²) in [5.74, 6) is 2.97. The first-order chi connectivity index (χ1) is 9.66. The van der Waals surface area contributed by atoms with Gasteiger partial charge in [-0.15, -0.1) is 11.8 Å². The molecule has 1 atom stereocenters. The summed E-state index contributed by atoms with van der Waals surface area (Å²) in [7, 11) is 0. The molecule has 1 saturated heterocycles. The predicted molar refractivity (Wildman–Crippen MR) is 80.7 cm³/mol. The Morgan fingerprint density at radius 2 is 2.40 bits per heavy atom. The van der Waals surface area contributed by atoms with Crippen molar-refractivity contribution >= 4 is 17.7 Å². The van der Waals surface area contributed by atoms with Crippen LogP contribution in [0.4, 0.5) is 0 Å². The number of amides is 1. The van der Waals surface area contributed by atoms with Crippen LogP contribution >= 0.6 is 11.8 Å². The van der Waals surface area contributed by atoms with Crippen molar-refractivity contribution < 1.29 is 9.32 Å². The second kappa shape index (κ2) is 7.69. The van der Waals surface area contributed by atoms with E-state index in [4.69, 9.17) is 4.52 Å². The third-order valence-electron chi connectivity index (χ3n) is 3.70. The monoisotopic (exact) mass is 297 g/mol. The van der Waals surface area contributed by atoms with Crippen LogP contribution in [0.5, 0.6) is 0 Å². The molecule has 5 nitrogen and oxygen atoms in total. The average molecular weight is 297 g/mol. The second-order valence-corrected chi connectivity index (χ2v) is 6.28. The number of carbonyl (C=O) groups is 1. The Morgan fingerprint density at radius 3 is 3.05 bits per heavy atom. The molecule has 1 aromatic rings. The number of nitrogens with one attached hydrogen (secondary N) is 2. The molecule has 1 fully saturated rings. The summed E-state index contributed by atoms with van der Waals surface area (Å²) in [5.41, 5.74) is 2.03. The Labute approximate surface area is 124 Å². The lowest BCUT2D eigenvalue weighted by Crippen LogP contribution is -2.27. The van der Waals surface area contributed by atoms with E-state index in [1.165, 1.54) is 6.42 Å². The smallest absolute Gasteiger partial charge is 0.230 e. The molecular weight excluding hydrogens is 274 g/mol. The lowest BCUT2D eigenvalue weighted by molar-refractivity contribution is -0.118. The van der Waals surface area contributed by atoms with Crippen LogP contribution in [-0.2, 0) is 10.5 Å². The number of hydrogen-bond donors (Lipinski definition) is 2. The highest BCUT2D eigenvalue weighted by Gasteiger charge is 2.14. The number of nitrogens with zero attached hydrogens (tertiary/aromatic N) is 1. The Hall–Kier alpha value is -1.01. The summed E-state index contributed by atoms with van der Waals surface area (Å²) in [5, 5.41) is 10.2. The number of aryl methyl sites for hydroxylation is 2. The molecule has 0 radical (unpaired) electrons. The molecule has 2 rings (SSSR count). The molecule has 0 spiro atoms. The molecule has 0 bridgehead atoms. The van der Waals surface area contributed by atoms with Gasteiger partial charge in [0.05, 0.1) is 11.4 Å². The van der Waals surface area contributed by atoms with Crippen molar-refractivity contribution in [1.82, 2.24) is 15.8 Å². The minimum atomic E-state index is 0.118. The molecule has 2 N–H and O–H groups in total. The van der Waals surface area contributed by atoms with Crippen molar-refractivity contribution in [2.45, 2.75) is 32.4 Å². The van der Waals surface area contributed by atoms with E-state index in [0.717, 1.165) is 54.7 Å². The lowest BCUT2D eigenvalue weighted by atomic mass is 10.1. The highest BCUT2D eigenvalue weighted by Crippen LogP contribution is 2.19. The molecule has 1 unspecified atom stereocenters. The van der Waals surface area contributed by atoms with Gasteiger partial charge in [0.1, 0.15) is 5.76 Å². The molecule has 6 heteroatoms. The molecule has 0 aliphatic carbocycles. The maximum atomic E-state index is 11.7. The summed E-state index contributed by atoms with van der Waals surface area (Å²) < 4.78 is 5.10. The van der Waals surface area contributed by atoms with Crippen LogP contribution < -0.4 is 10.6 Å². The number of rotatable bonds is 7. The van der Waals surface area contributed by atoms with Crippen LogP contribution in [0.1, 0.15) is 29.9 Å². The van der Waals surface area contributed by atoms with Crippen LogP contribution in [0.2, 0.25) is 0 Å². The van der Waals surface area contributed by atoms with Crippen molar-refractivity contribution in [1.29, 1.82) is 0 Å². The van der Waals surface area contributed by atoms with Gasteiger partial charge in [0.15, 0.2) is 0 Å². The highest BCUT2D eigenvalue weighted by atomic mass is 32.2. The number of thioether (sulfide) groups is 1. The van der Waals surface area contributed by atoms with Gasteiger partial charge in [0.25, 0.3) is 0 Å². The molecule has 20 heavy (non-hydrogen) atoms. The normalized spacial score (nSPS) is 18.4. The summed E-state index contributed by atoms with van der Waals surface area (Å²) >= 11 is 1.61. The van der Waals surface area contributed by atoms with Gasteiger partial charge in [-0.25, -0.2) is 0 Å². The van der Waals surface area contributed by atoms with Crippen LogP contribution in [-0.4, -0.2) is 36.5 Å². The first-order valence-electron chi connectivity index (χ1n) is 7.13. The standard InChI is InChI=1S/C14H23N3O2S/c1-10-13(11(2)19-17-10)8-20-9-14(18)16-6-4-12-3-5-15-7-12/h12,15H,3-9H2,1-2H3,(H,16,18). The van der Waals surface area contributed by atoms with Crippen molar-refractivity contribution in [2.75, 3.05) is 25.4 Å². The zero-order valence-electron chi connectivity index (χ0n) is 12.2. The van der Waals surface area contributed by atoms with Crippen molar-refractivity contribution in [3.63, 3.8) is 0 Å². The largest absolute Gasteiger partial charge is 0.361 e. The summed E-state index contributed by atoms with van der Waals surface area (Å²) in [6.07, 6.45) is 2.31. The van der Waals surface area contributed by atoms with Crippen LogP contribution in [0.25, 0.3) is 0 Å². The van der Waals surface area contributed by atoms with Crippen molar-refractivity contribution in [3.8, 4) is 0 Å². The lowest BCUT2D eigenvalue weighted by Gasteiger charge is -2.09. The van der Waals surface area contributed by atoms with E-state index in [9.17, 15) is 4.79 Å². The van der Waals surface area contributed by atoms with Gasteiger partial charge in [-0.05, 0) is 45.7 Å². The van der Waals surface area contributed by atoms with E-state index < -0.39 is 0 Å². The summed E-state index contributed by atoms with van der Waals surface area (Å²) in [4.78, 5) is 11.7. The number of carbonyl (C=O) groups excluding carboxylic acids is 1. The number of aromatic nitrogens is 1. The molecule has 1 aromatic heterocycles. The minimum absolute atomic E-state index is 0.118. The third-order valence-corrected chi connectivity index (χ3v) is 4.66. The van der Waals surface area contributed by atoms with Gasteiger partial charge in [-0.2, -0.15) is 0 Å². The minimum Gasteiger partial charge on any atom is -0.361 e. The molecule has 1 aliphatic heterocycles. The zero-order valence-corrected chi connectivity index (χ0v) is 13.0. The van der Waals surface area contributed by atoms with E-state index in [2.05, 4.69) is 15.8 Å². The van der Waals surface area contributed by atoms with E-state index in [1.807, 2.05) is 13.8 Å². The zero-order chi connectivity index (χ0) is 14.4. The molecular formula is C14H23N3O2S. The summed E-state index contributed by atoms with van der Waals surface area (Å²) in [6, 6.07) is 0. The second-order valence-electron chi connectivity index (χ2n) is 5.29. The highest BCUT2D eigenvalue weighted by molar-refractivity contribution is 7.99. The van der Waals surface area contributed by atoms with Gasteiger partial charge < -0.3 is 15.2 Å². The fourth-order valence-electron chi connectivity index (χ4n) is 2.38. The Kier molecular flexibility index (Phi) is 5.91. The van der Waals surface area contributed by atoms with Gasteiger partial charge in [0, 0.05) is 17.9 Å². The van der Waals surface area contributed by atoms with Crippen molar-refractivity contribution in [3.05, 3.63) is 17.0 Å². The SMILES string of the molecule is Cc1noc(C)c1CSCC(=O)NCCC1CCNC1. The Balaban J connectivity index is 1.58. The Bertz CT molecular complexity index is 422. The molecule has 1 amide bonds. The molecule has 0 saturated carbocycles.